The van der Waals surface area contributed by atoms with Gasteiger partial charge in [0.25, 0.3) is 0 Å². The molecule has 0 amide bonds. The van der Waals surface area contributed by atoms with Gasteiger partial charge in [-0.05, 0) is 32.0 Å². The van der Waals surface area contributed by atoms with Gasteiger partial charge >= 0.3 is 0 Å². The molecule has 0 aliphatic rings. The number of imidazole rings is 1. The molecule has 0 saturated heterocycles. The maximum Gasteiger partial charge on any atom is 0.114 e. The van der Waals surface area contributed by atoms with Crippen molar-refractivity contribution < 1.29 is 0 Å². The van der Waals surface area contributed by atoms with E-state index in [2.05, 4.69) is 40.6 Å². The molecule has 3 aromatic rings. The van der Waals surface area contributed by atoms with Crippen LogP contribution in [0.15, 0.2) is 29.6 Å². The fraction of sp³-hybridized carbons (Fsp3) is 0.375. The second-order valence-electron chi connectivity index (χ2n) is 5.22. The molecule has 4 nitrogen and oxygen atoms in total. The molecule has 0 fully saturated rings. The van der Waals surface area contributed by atoms with Gasteiger partial charge in [0.1, 0.15) is 10.8 Å². The Hall–Kier alpha value is -1.72. The first-order chi connectivity index (χ1) is 10.3. The van der Waals surface area contributed by atoms with E-state index >= 15 is 0 Å². The van der Waals surface area contributed by atoms with Crippen molar-refractivity contribution in [3.8, 4) is 0 Å². The Kier molecular flexibility index (Phi) is 4.31. The number of fused-ring (bicyclic) bond motifs is 1. The van der Waals surface area contributed by atoms with Crippen molar-refractivity contribution in [3.05, 3.63) is 46.2 Å². The Morgan fingerprint density at radius 1 is 1.29 bits per heavy atom. The maximum absolute atomic E-state index is 4.72. The van der Waals surface area contributed by atoms with Gasteiger partial charge in [-0.2, -0.15) is 0 Å². The molecule has 5 heteroatoms. The summed E-state index contributed by atoms with van der Waals surface area (Å²) in [6.45, 7) is 5.36. The predicted molar refractivity (Wildman–Crippen MR) is 87.7 cm³/mol. The molecular weight excluding hydrogens is 280 g/mol. The molecule has 2 aromatic heterocycles. The molecular formula is C16H20N4S. The zero-order valence-electron chi connectivity index (χ0n) is 12.4. The van der Waals surface area contributed by atoms with Crippen molar-refractivity contribution in [1.29, 1.82) is 0 Å². The lowest BCUT2D eigenvalue weighted by molar-refractivity contribution is 0.560. The van der Waals surface area contributed by atoms with Gasteiger partial charge in [0.15, 0.2) is 0 Å². The number of thiazole rings is 1. The van der Waals surface area contributed by atoms with Gasteiger partial charge in [0, 0.05) is 11.4 Å². The largest absolute Gasteiger partial charge is 0.342 e. The quantitative estimate of drug-likeness (QED) is 0.730. The van der Waals surface area contributed by atoms with Crippen LogP contribution in [0.25, 0.3) is 11.0 Å². The highest BCUT2D eigenvalue weighted by atomic mass is 32.1. The minimum atomic E-state index is 0.311. The van der Waals surface area contributed by atoms with Gasteiger partial charge in [-0.15, -0.1) is 11.3 Å². The van der Waals surface area contributed by atoms with Gasteiger partial charge in [0.05, 0.1) is 23.1 Å². The second kappa shape index (κ2) is 6.37. The molecule has 0 bridgehead atoms. The minimum Gasteiger partial charge on any atom is -0.342 e. The van der Waals surface area contributed by atoms with Crippen LogP contribution in [-0.4, -0.2) is 21.5 Å². The highest BCUT2D eigenvalue weighted by Gasteiger charge is 2.11. The standard InChI is InChI=1S/C16H20N4S/c1-3-8-17-11(2)14-10-21-16(20-14)9-15-18-12-6-4-5-7-13(12)19-15/h4-7,10-11,17H,3,8-9H2,1-2H3,(H,18,19). The summed E-state index contributed by atoms with van der Waals surface area (Å²) in [5.41, 5.74) is 3.23. The Balaban J connectivity index is 1.71. The molecule has 3 rings (SSSR count). The number of benzene rings is 1. The molecule has 0 spiro atoms. The van der Waals surface area contributed by atoms with Gasteiger partial charge in [-0.1, -0.05) is 19.1 Å². The summed E-state index contributed by atoms with van der Waals surface area (Å²) in [4.78, 5) is 12.7. The van der Waals surface area contributed by atoms with E-state index < -0.39 is 0 Å². The monoisotopic (exact) mass is 300 g/mol. The maximum atomic E-state index is 4.72. The van der Waals surface area contributed by atoms with E-state index in [-0.39, 0.29) is 0 Å². The molecule has 21 heavy (non-hydrogen) atoms. The van der Waals surface area contributed by atoms with Crippen LogP contribution in [0.4, 0.5) is 0 Å². The van der Waals surface area contributed by atoms with Gasteiger partial charge < -0.3 is 10.3 Å². The average Bonchev–Trinajstić information content (AvgIpc) is 3.11. The normalized spacial score (nSPS) is 12.9. The van der Waals surface area contributed by atoms with E-state index in [4.69, 9.17) is 4.98 Å². The molecule has 2 heterocycles. The third-order valence-electron chi connectivity index (χ3n) is 3.47. The number of aromatic amines is 1. The second-order valence-corrected chi connectivity index (χ2v) is 6.16. The Labute approximate surface area is 128 Å². The molecule has 1 aromatic carbocycles. The van der Waals surface area contributed by atoms with Crippen LogP contribution in [-0.2, 0) is 6.42 Å². The third kappa shape index (κ3) is 3.31. The summed E-state index contributed by atoms with van der Waals surface area (Å²) < 4.78 is 0. The number of nitrogens with one attached hydrogen (secondary N) is 2. The number of para-hydroxylation sites is 2. The Morgan fingerprint density at radius 2 is 2.14 bits per heavy atom. The van der Waals surface area contributed by atoms with Crippen LogP contribution in [0.5, 0.6) is 0 Å². The molecule has 110 valence electrons. The lowest BCUT2D eigenvalue weighted by Crippen LogP contribution is -2.19. The summed E-state index contributed by atoms with van der Waals surface area (Å²) >= 11 is 1.70. The first kappa shape index (κ1) is 14.2. The Bertz CT molecular complexity index is 683. The van der Waals surface area contributed by atoms with Crippen LogP contribution in [0.2, 0.25) is 0 Å². The fourth-order valence-corrected chi connectivity index (χ4v) is 3.19. The topological polar surface area (TPSA) is 53.6 Å². The molecule has 0 radical (unpaired) electrons. The number of aromatic nitrogens is 3. The minimum absolute atomic E-state index is 0.311. The number of H-pyrrole nitrogens is 1. The first-order valence-corrected chi connectivity index (χ1v) is 8.25. The van der Waals surface area contributed by atoms with Crippen molar-refractivity contribution in [2.75, 3.05) is 6.54 Å². The van der Waals surface area contributed by atoms with Gasteiger partial charge in [-0.3, -0.25) is 0 Å². The average molecular weight is 300 g/mol. The van der Waals surface area contributed by atoms with Crippen molar-refractivity contribution >= 4 is 22.4 Å². The van der Waals surface area contributed by atoms with Crippen molar-refractivity contribution in [3.63, 3.8) is 0 Å². The SMILES string of the molecule is CCCNC(C)c1csc(Cc2nc3ccccc3[nH]2)n1. The zero-order chi connectivity index (χ0) is 14.7. The molecule has 2 N–H and O–H groups in total. The highest BCUT2D eigenvalue weighted by molar-refractivity contribution is 7.09. The van der Waals surface area contributed by atoms with Gasteiger partial charge in [0.2, 0.25) is 0 Å². The van der Waals surface area contributed by atoms with Crippen LogP contribution in [0.1, 0.15) is 42.8 Å². The van der Waals surface area contributed by atoms with E-state index in [0.29, 0.717) is 6.04 Å². The van der Waals surface area contributed by atoms with Crippen LogP contribution in [0, 0.1) is 0 Å². The number of rotatable bonds is 6. The molecule has 0 saturated carbocycles. The number of hydrogen-bond acceptors (Lipinski definition) is 4. The van der Waals surface area contributed by atoms with E-state index in [1.165, 1.54) is 0 Å². The predicted octanol–water partition coefficient (Wildman–Crippen LogP) is 3.67. The summed E-state index contributed by atoms with van der Waals surface area (Å²) in [6, 6.07) is 8.42. The summed E-state index contributed by atoms with van der Waals surface area (Å²) in [6.07, 6.45) is 1.90. The summed E-state index contributed by atoms with van der Waals surface area (Å²) in [7, 11) is 0. The van der Waals surface area contributed by atoms with Crippen molar-refractivity contribution in [1.82, 2.24) is 20.3 Å². The Morgan fingerprint density at radius 3 is 2.95 bits per heavy atom. The lowest BCUT2D eigenvalue weighted by atomic mass is 10.2. The van der Waals surface area contributed by atoms with E-state index in [1.807, 2.05) is 18.2 Å². The summed E-state index contributed by atoms with van der Waals surface area (Å²) in [5.74, 6) is 0.978. The third-order valence-corrected chi connectivity index (χ3v) is 4.34. The van der Waals surface area contributed by atoms with Crippen molar-refractivity contribution in [2.45, 2.75) is 32.7 Å². The molecule has 0 aliphatic carbocycles. The van der Waals surface area contributed by atoms with E-state index in [0.717, 1.165) is 46.9 Å². The number of nitrogens with zero attached hydrogens (tertiary/aromatic N) is 2. The van der Waals surface area contributed by atoms with E-state index in [1.54, 1.807) is 11.3 Å². The molecule has 0 aliphatic heterocycles. The van der Waals surface area contributed by atoms with Gasteiger partial charge in [-0.25, -0.2) is 9.97 Å². The number of hydrogen-bond donors (Lipinski definition) is 2. The fourth-order valence-electron chi connectivity index (χ4n) is 2.30. The molecule has 1 atom stereocenters. The lowest BCUT2D eigenvalue weighted by Gasteiger charge is -2.09. The zero-order valence-corrected chi connectivity index (χ0v) is 13.2. The van der Waals surface area contributed by atoms with Crippen LogP contribution < -0.4 is 5.32 Å². The van der Waals surface area contributed by atoms with Crippen LogP contribution in [0.3, 0.4) is 0 Å². The van der Waals surface area contributed by atoms with E-state index in [9.17, 15) is 0 Å². The first-order valence-electron chi connectivity index (χ1n) is 7.37. The highest BCUT2D eigenvalue weighted by Crippen LogP contribution is 2.19. The summed E-state index contributed by atoms with van der Waals surface area (Å²) in [5, 5.41) is 6.72. The molecule has 1 unspecified atom stereocenters. The van der Waals surface area contributed by atoms with Crippen LogP contribution >= 0.6 is 11.3 Å². The van der Waals surface area contributed by atoms with Crippen molar-refractivity contribution in [2.24, 2.45) is 0 Å². The smallest absolute Gasteiger partial charge is 0.114 e.